The van der Waals surface area contributed by atoms with Crippen molar-refractivity contribution < 1.29 is 23.9 Å². The first-order chi connectivity index (χ1) is 9.60. The molecule has 1 atom stereocenters. The van der Waals surface area contributed by atoms with Crippen LogP contribution in [0, 0.1) is 0 Å². The fourth-order valence-corrected chi connectivity index (χ4v) is 2.49. The van der Waals surface area contributed by atoms with Crippen LogP contribution in [-0.2, 0) is 23.9 Å². The maximum atomic E-state index is 11.5. The lowest BCUT2D eigenvalue weighted by Crippen LogP contribution is -2.46. The second-order valence-corrected chi connectivity index (χ2v) is 5.01. The Labute approximate surface area is 117 Å². The van der Waals surface area contributed by atoms with E-state index in [1.54, 1.807) is 0 Å². The summed E-state index contributed by atoms with van der Waals surface area (Å²) >= 11 is 0. The van der Waals surface area contributed by atoms with Crippen molar-refractivity contribution in [2.24, 2.45) is 0 Å². The number of carbonyl (C=O) groups excluding carboxylic acids is 3. The van der Waals surface area contributed by atoms with Gasteiger partial charge in [-0.1, -0.05) is 0 Å². The Bertz CT molecular complexity index is 382. The summed E-state index contributed by atoms with van der Waals surface area (Å²) in [5.74, 6) is -0.467. The maximum absolute atomic E-state index is 11.5. The zero-order valence-corrected chi connectivity index (χ0v) is 11.7. The van der Waals surface area contributed by atoms with Crippen molar-refractivity contribution in [3.63, 3.8) is 0 Å². The van der Waals surface area contributed by atoms with E-state index in [2.05, 4.69) is 9.64 Å². The molecule has 2 rings (SSSR count). The first-order valence-corrected chi connectivity index (χ1v) is 6.84. The van der Waals surface area contributed by atoms with Crippen molar-refractivity contribution in [1.82, 2.24) is 9.80 Å². The van der Waals surface area contributed by atoms with Crippen LogP contribution in [0.25, 0.3) is 0 Å². The van der Waals surface area contributed by atoms with Gasteiger partial charge in [-0.05, 0) is 0 Å². The molecule has 7 heteroatoms. The van der Waals surface area contributed by atoms with Crippen LogP contribution in [-0.4, -0.2) is 73.6 Å². The Kier molecular flexibility index (Phi) is 5.08. The number of carbonyl (C=O) groups is 3. The summed E-state index contributed by atoms with van der Waals surface area (Å²) in [6.07, 6.45) is 0.704. The summed E-state index contributed by atoms with van der Waals surface area (Å²) in [6, 6.07) is 0. The van der Waals surface area contributed by atoms with Crippen molar-refractivity contribution in [2.45, 2.75) is 25.4 Å². The zero-order chi connectivity index (χ0) is 14.5. The molecule has 2 amide bonds. The molecule has 0 spiro atoms. The summed E-state index contributed by atoms with van der Waals surface area (Å²) in [5.41, 5.74) is 0. The second kappa shape index (κ2) is 6.81. The van der Waals surface area contributed by atoms with Crippen molar-refractivity contribution in [1.29, 1.82) is 0 Å². The Balaban J connectivity index is 1.76. The summed E-state index contributed by atoms with van der Waals surface area (Å²) in [7, 11) is 1.35. The molecule has 0 saturated carbocycles. The number of hydrogen-bond acceptors (Lipinski definition) is 6. The van der Waals surface area contributed by atoms with E-state index in [0.29, 0.717) is 39.1 Å². The molecule has 0 aromatic rings. The molecule has 0 radical (unpaired) electrons. The highest BCUT2D eigenvalue weighted by Gasteiger charge is 2.30. The highest BCUT2D eigenvalue weighted by atomic mass is 16.5. The Morgan fingerprint density at radius 3 is 2.65 bits per heavy atom. The van der Waals surface area contributed by atoms with Crippen LogP contribution < -0.4 is 0 Å². The monoisotopic (exact) mass is 284 g/mol. The molecule has 20 heavy (non-hydrogen) atoms. The molecule has 0 aromatic carbocycles. The first kappa shape index (κ1) is 14.9. The van der Waals surface area contributed by atoms with Crippen LogP contribution in [0.5, 0.6) is 0 Å². The second-order valence-electron chi connectivity index (χ2n) is 5.01. The summed E-state index contributed by atoms with van der Waals surface area (Å²) in [4.78, 5) is 37.7. The van der Waals surface area contributed by atoms with Gasteiger partial charge in [-0.15, -0.1) is 0 Å². The van der Waals surface area contributed by atoms with E-state index >= 15 is 0 Å². The average molecular weight is 284 g/mol. The average Bonchev–Trinajstić information content (AvgIpc) is 2.76. The summed E-state index contributed by atoms with van der Waals surface area (Å²) in [6.45, 7) is 2.95. The van der Waals surface area contributed by atoms with Crippen molar-refractivity contribution in [3.05, 3.63) is 0 Å². The van der Waals surface area contributed by atoms with Crippen LogP contribution in [0.2, 0.25) is 0 Å². The molecule has 0 aromatic heterocycles. The van der Waals surface area contributed by atoms with E-state index in [-0.39, 0.29) is 30.3 Å². The quantitative estimate of drug-likeness (QED) is 0.495. The van der Waals surface area contributed by atoms with E-state index in [0.717, 1.165) is 6.54 Å². The predicted octanol–water partition coefficient (Wildman–Crippen LogP) is -0.601. The van der Waals surface area contributed by atoms with Gasteiger partial charge in [0.25, 0.3) is 0 Å². The van der Waals surface area contributed by atoms with Gasteiger partial charge in [0, 0.05) is 39.0 Å². The Morgan fingerprint density at radius 2 is 2.00 bits per heavy atom. The molecule has 2 heterocycles. The molecule has 7 nitrogen and oxygen atoms in total. The number of imide groups is 1. The van der Waals surface area contributed by atoms with Crippen LogP contribution >= 0.6 is 0 Å². The van der Waals surface area contributed by atoms with Gasteiger partial charge < -0.3 is 9.47 Å². The van der Waals surface area contributed by atoms with Gasteiger partial charge in [-0.2, -0.15) is 0 Å². The van der Waals surface area contributed by atoms with E-state index in [9.17, 15) is 14.4 Å². The third kappa shape index (κ3) is 3.77. The Hall–Kier alpha value is -1.47. The van der Waals surface area contributed by atoms with Crippen LogP contribution in [0.15, 0.2) is 0 Å². The molecule has 0 bridgehead atoms. The predicted molar refractivity (Wildman–Crippen MR) is 68.8 cm³/mol. The van der Waals surface area contributed by atoms with Crippen LogP contribution in [0.3, 0.4) is 0 Å². The number of amides is 2. The van der Waals surface area contributed by atoms with E-state index in [1.807, 2.05) is 0 Å². The summed E-state index contributed by atoms with van der Waals surface area (Å²) in [5, 5.41) is 0. The molecule has 2 aliphatic rings. The van der Waals surface area contributed by atoms with Gasteiger partial charge in [-0.3, -0.25) is 24.2 Å². The lowest BCUT2D eigenvalue weighted by Gasteiger charge is -2.33. The Morgan fingerprint density at radius 1 is 1.30 bits per heavy atom. The molecule has 0 aliphatic carbocycles. The van der Waals surface area contributed by atoms with Crippen molar-refractivity contribution >= 4 is 17.8 Å². The molecule has 2 aliphatic heterocycles. The number of methoxy groups -OCH3 is 1. The topological polar surface area (TPSA) is 76.2 Å². The summed E-state index contributed by atoms with van der Waals surface area (Å²) < 4.78 is 10.1. The van der Waals surface area contributed by atoms with Gasteiger partial charge in [0.1, 0.15) is 0 Å². The zero-order valence-electron chi connectivity index (χ0n) is 11.7. The smallest absolute Gasteiger partial charge is 0.308 e. The largest absolute Gasteiger partial charge is 0.469 e. The molecule has 1 unspecified atom stereocenters. The molecule has 2 fully saturated rings. The van der Waals surface area contributed by atoms with Gasteiger partial charge in [0.2, 0.25) is 11.8 Å². The number of rotatable bonds is 5. The lowest BCUT2D eigenvalue weighted by molar-refractivity contribution is -0.145. The number of esters is 1. The highest BCUT2D eigenvalue weighted by molar-refractivity contribution is 6.01. The number of ether oxygens (including phenoxy) is 2. The van der Waals surface area contributed by atoms with E-state index < -0.39 is 0 Å². The molecular weight excluding hydrogens is 264 g/mol. The van der Waals surface area contributed by atoms with Gasteiger partial charge in [0.15, 0.2) is 0 Å². The first-order valence-electron chi connectivity index (χ1n) is 6.84. The minimum atomic E-state index is -0.290. The minimum absolute atomic E-state index is 0.0885. The highest BCUT2D eigenvalue weighted by Crippen LogP contribution is 2.13. The number of morpholine rings is 1. The number of likely N-dealkylation sites (tertiary alicyclic amines) is 1. The van der Waals surface area contributed by atoms with E-state index in [4.69, 9.17) is 4.74 Å². The number of hydrogen-bond donors (Lipinski definition) is 0. The van der Waals surface area contributed by atoms with Gasteiger partial charge >= 0.3 is 5.97 Å². The third-order valence-corrected chi connectivity index (χ3v) is 3.64. The standard InChI is InChI=1S/C13H20N2O5/c1-19-13(18)8-10-9-14(6-7-20-10)4-5-15-11(16)2-3-12(15)17/h10H,2-9H2,1H3. The lowest BCUT2D eigenvalue weighted by atomic mass is 10.2. The van der Waals surface area contributed by atoms with Crippen LogP contribution in [0.1, 0.15) is 19.3 Å². The van der Waals surface area contributed by atoms with Gasteiger partial charge in [-0.25, -0.2) is 0 Å². The normalized spacial score (nSPS) is 24.2. The SMILES string of the molecule is COC(=O)CC1CN(CCN2C(=O)CCC2=O)CCO1. The maximum Gasteiger partial charge on any atom is 0.308 e. The number of nitrogens with zero attached hydrogens (tertiary/aromatic N) is 2. The van der Waals surface area contributed by atoms with Crippen molar-refractivity contribution in [2.75, 3.05) is 39.9 Å². The molecule has 0 N–H and O–H groups in total. The molecule has 112 valence electrons. The molecular formula is C13H20N2O5. The van der Waals surface area contributed by atoms with Crippen molar-refractivity contribution in [3.8, 4) is 0 Å². The fourth-order valence-electron chi connectivity index (χ4n) is 2.49. The third-order valence-electron chi connectivity index (χ3n) is 3.64. The fraction of sp³-hybridized carbons (Fsp3) is 0.769. The molecule has 2 saturated heterocycles. The van der Waals surface area contributed by atoms with Gasteiger partial charge in [0.05, 0.1) is 26.2 Å². The minimum Gasteiger partial charge on any atom is -0.469 e. The van der Waals surface area contributed by atoms with Crippen LogP contribution in [0.4, 0.5) is 0 Å². The van der Waals surface area contributed by atoms with E-state index in [1.165, 1.54) is 12.0 Å².